The first kappa shape index (κ1) is 17.6. The fraction of sp³-hybridized carbons (Fsp3) is 0.300. The van der Waals surface area contributed by atoms with E-state index in [-0.39, 0.29) is 12.1 Å². The summed E-state index contributed by atoms with van der Waals surface area (Å²) in [7, 11) is 0. The summed E-state index contributed by atoms with van der Waals surface area (Å²) < 4.78 is 112. The standard InChI is InChI=1S/C10H2ClF9O/c11-6-4(8(12,13)14)2-1-3(5(6)9(15,16)17)7(21)10(18,19)20/h1-2H. The highest BCUT2D eigenvalue weighted by molar-refractivity contribution is 6.33. The highest BCUT2D eigenvalue weighted by Crippen LogP contribution is 2.44. The smallest absolute Gasteiger partial charge is 0.284 e. The van der Waals surface area contributed by atoms with Crippen LogP contribution in [-0.2, 0) is 12.4 Å². The van der Waals surface area contributed by atoms with E-state index in [9.17, 15) is 44.3 Å². The zero-order valence-corrected chi connectivity index (χ0v) is 10.1. The van der Waals surface area contributed by atoms with Gasteiger partial charge in [0.15, 0.2) is 0 Å². The van der Waals surface area contributed by atoms with Crippen molar-refractivity contribution in [2.45, 2.75) is 18.5 Å². The van der Waals surface area contributed by atoms with Crippen molar-refractivity contribution in [2.24, 2.45) is 0 Å². The Hall–Kier alpha value is -1.45. The normalized spacial score (nSPS) is 13.4. The van der Waals surface area contributed by atoms with Gasteiger partial charge in [0.25, 0.3) is 5.78 Å². The Morgan fingerprint density at radius 1 is 0.857 bits per heavy atom. The van der Waals surface area contributed by atoms with Crippen molar-refractivity contribution in [1.29, 1.82) is 0 Å². The molecule has 0 spiro atoms. The van der Waals surface area contributed by atoms with E-state index in [4.69, 9.17) is 11.6 Å². The summed E-state index contributed by atoms with van der Waals surface area (Å²) in [5.41, 5.74) is -6.45. The molecule has 0 aliphatic heterocycles. The number of carbonyl (C=O) groups excluding carboxylic acids is 1. The number of benzene rings is 1. The molecule has 0 unspecified atom stereocenters. The molecule has 0 aliphatic rings. The van der Waals surface area contributed by atoms with Crippen molar-refractivity contribution in [1.82, 2.24) is 0 Å². The number of rotatable bonds is 1. The van der Waals surface area contributed by atoms with Crippen LogP contribution in [0.2, 0.25) is 5.02 Å². The molecular weight excluding hydrogens is 343 g/mol. The first-order valence-electron chi connectivity index (χ1n) is 4.75. The van der Waals surface area contributed by atoms with Crippen molar-refractivity contribution >= 4 is 17.4 Å². The first-order chi connectivity index (χ1) is 9.17. The maximum atomic E-state index is 12.7. The van der Waals surface area contributed by atoms with E-state index in [1.807, 2.05) is 0 Å². The van der Waals surface area contributed by atoms with Gasteiger partial charge in [-0.15, -0.1) is 0 Å². The summed E-state index contributed by atoms with van der Waals surface area (Å²) in [6, 6.07) is -0.316. The summed E-state index contributed by atoms with van der Waals surface area (Å²) >= 11 is 4.92. The maximum absolute atomic E-state index is 12.7. The predicted octanol–water partition coefficient (Wildman–Crippen LogP) is 5.12. The second-order valence-electron chi connectivity index (χ2n) is 3.67. The summed E-state index contributed by atoms with van der Waals surface area (Å²) in [4.78, 5) is 10.9. The molecule has 1 nitrogen and oxygen atoms in total. The molecule has 0 saturated heterocycles. The van der Waals surface area contributed by atoms with E-state index < -0.39 is 46.0 Å². The van der Waals surface area contributed by atoms with Crippen molar-refractivity contribution < 1.29 is 44.3 Å². The average molecular weight is 345 g/mol. The fourth-order valence-corrected chi connectivity index (χ4v) is 1.79. The predicted molar refractivity (Wildman–Crippen MR) is 51.8 cm³/mol. The Balaban J connectivity index is 3.71. The highest BCUT2D eigenvalue weighted by Gasteiger charge is 2.48. The van der Waals surface area contributed by atoms with Crippen molar-refractivity contribution in [3.05, 3.63) is 33.8 Å². The van der Waals surface area contributed by atoms with Gasteiger partial charge in [0.2, 0.25) is 0 Å². The van der Waals surface area contributed by atoms with E-state index in [1.54, 1.807) is 0 Å². The third-order valence-corrected chi connectivity index (χ3v) is 2.63. The van der Waals surface area contributed by atoms with Crippen LogP contribution in [0.1, 0.15) is 21.5 Å². The lowest BCUT2D eigenvalue weighted by molar-refractivity contribution is -0.143. The van der Waals surface area contributed by atoms with Crippen LogP contribution in [0.15, 0.2) is 12.1 Å². The number of Topliss-reactive ketones (excluding diaryl/α,β-unsaturated/α-hetero) is 1. The summed E-state index contributed by atoms with van der Waals surface area (Å²) in [5.74, 6) is -2.94. The number of halogens is 10. The average Bonchev–Trinajstić information content (AvgIpc) is 2.22. The molecule has 0 saturated carbocycles. The molecule has 0 aliphatic carbocycles. The van der Waals surface area contributed by atoms with E-state index in [1.165, 1.54) is 0 Å². The van der Waals surface area contributed by atoms with Gasteiger partial charge in [-0.2, -0.15) is 39.5 Å². The van der Waals surface area contributed by atoms with Crippen LogP contribution < -0.4 is 0 Å². The zero-order chi connectivity index (χ0) is 16.8. The van der Waals surface area contributed by atoms with Crippen LogP contribution in [0.5, 0.6) is 0 Å². The second kappa shape index (κ2) is 5.08. The second-order valence-corrected chi connectivity index (χ2v) is 4.05. The minimum absolute atomic E-state index is 0.115. The Labute approximate surface area is 115 Å². The molecule has 118 valence electrons. The lowest BCUT2D eigenvalue weighted by atomic mass is 9.99. The molecule has 21 heavy (non-hydrogen) atoms. The van der Waals surface area contributed by atoms with Gasteiger partial charge < -0.3 is 0 Å². The van der Waals surface area contributed by atoms with Crippen LogP contribution in [-0.4, -0.2) is 12.0 Å². The number of alkyl halides is 9. The number of hydrogen-bond acceptors (Lipinski definition) is 1. The van der Waals surface area contributed by atoms with Gasteiger partial charge in [0.1, 0.15) is 0 Å². The summed E-state index contributed by atoms with van der Waals surface area (Å²) in [6.45, 7) is 0. The highest BCUT2D eigenvalue weighted by atomic mass is 35.5. The molecule has 0 atom stereocenters. The Bertz CT molecular complexity index is 568. The largest absolute Gasteiger partial charge is 0.454 e. The Kier molecular flexibility index (Phi) is 4.25. The van der Waals surface area contributed by atoms with E-state index in [0.717, 1.165) is 0 Å². The minimum Gasteiger partial charge on any atom is -0.284 e. The molecule has 0 heterocycles. The van der Waals surface area contributed by atoms with Gasteiger partial charge in [-0.3, -0.25) is 4.79 Å². The lowest BCUT2D eigenvalue weighted by Gasteiger charge is -2.18. The van der Waals surface area contributed by atoms with E-state index in [2.05, 4.69) is 0 Å². The molecule has 0 amide bonds. The third-order valence-electron chi connectivity index (χ3n) is 2.23. The third kappa shape index (κ3) is 3.60. The molecule has 0 N–H and O–H groups in total. The topological polar surface area (TPSA) is 17.1 Å². The SMILES string of the molecule is O=C(c1ccc(C(F)(F)F)c(Cl)c1C(F)(F)F)C(F)(F)F. The molecule has 1 aromatic rings. The van der Waals surface area contributed by atoms with Crippen molar-refractivity contribution in [3.8, 4) is 0 Å². The van der Waals surface area contributed by atoms with Gasteiger partial charge >= 0.3 is 18.5 Å². The van der Waals surface area contributed by atoms with Crippen LogP contribution in [0, 0.1) is 0 Å². The van der Waals surface area contributed by atoms with Gasteiger partial charge in [0, 0.05) is 5.56 Å². The maximum Gasteiger partial charge on any atom is 0.454 e. The zero-order valence-electron chi connectivity index (χ0n) is 9.34. The quantitative estimate of drug-likeness (QED) is 0.510. The monoisotopic (exact) mass is 344 g/mol. The molecule has 11 heteroatoms. The van der Waals surface area contributed by atoms with Crippen LogP contribution in [0.3, 0.4) is 0 Å². The molecule has 1 aromatic carbocycles. The van der Waals surface area contributed by atoms with Crippen LogP contribution in [0.25, 0.3) is 0 Å². The van der Waals surface area contributed by atoms with Gasteiger partial charge in [-0.25, -0.2) is 0 Å². The van der Waals surface area contributed by atoms with Crippen molar-refractivity contribution in [2.75, 3.05) is 0 Å². The molecule has 1 rings (SSSR count). The molecule has 0 aromatic heterocycles. The van der Waals surface area contributed by atoms with Crippen LogP contribution in [0.4, 0.5) is 39.5 Å². The summed E-state index contributed by atoms with van der Waals surface area (Å²) in [6.07, 6.45) is -16.7. The minimum atomic E-state index is -5.69. The number of ketones is 1. The number of hydrogen-bond donors (Lipinski definition) is 0. The van der Waals surface area contributed by atoms with Gasteiger partial charge in [-0.05, 0) is 12.1 Å². The number of carbonyl (C=O) groups is 1. The summed E-state index contributed by atoms with van der Waals surface area (Å²) in [5, 5.41) is -2.01. The fourth-order valence-electron chi connectivity index (χ4n) is 1.41. The molecule has 0 radical (unpaired) electrons. The van der Waals surface area contributed by atoms with E-state index >= 15 is 0 Å². The Morgan fingerprint density at radius 2 is 1.33 bits per heavy atom. The molecule has 0 bridgehead atoms. The molecule has 0 fully saturated rings. The molecular formula is C10H2ClF9O. The lowest BCUT2D eigenvalue weighted by Crippen LogP contribution is -2.27. The van der Waals surface area contributed by atoms with E-state index in [0.29, 0.717) is 0 Å². The Morgan fingerprint density at radius 3 is 1.67 bits per heavy atom. The van der Waals surface area contributed by atoms with Gasteiger partial charge in [-0.1, -0.05) is 11.6 Å². The van der Waals surface area contributed by atoms with Crippen molar-refractivity contribution in [3.63, 3.8) is 0 Å². The van der Waals surface area contributed by atoms with Crippen LogP contribution >= 0.6 is 11.6 Å². The first-order valence-corrected chi connectivity index (χ1v) is 5.13. The van der Waals surface area contributed by atoms with Gasteiger partial charge in [0.05, 0.1) is 16.1 Å².